The minimum absolute atomic E-state index is 0.0993. The fourth-order valence-electron chi connectivity index (χ4n) is 6.09. The van der Waals surface area contributed by atoms with Crippen LogP contribution in [0.4, 0.5) is 20.5 Å². The quantitative estimate of drug-likeness (QED) is 0.387. The zero-order chi connectivity index (χ0) is 27.2. The average Bonchev–Trinajstić information content (AvgIpc) is 2.81. The molecule has 0 unspecified atom stereocenters. The van der Waals surface area contributed by atoms with Crippen molar-refractivity contribution in [3.8, 4) is 0 Å². The summed E-state index contributed by atoms with van der Waals surface area (Å²) in [6.45, 7) is 7.24. The number of alkyl halides is 2. The zero-order valence-electron chi connectivity index (χ0n) is 21.5. The second-order valence-corrected chi connectivity index (χ2v) is 12.1. The molecule has 5 rings (SSSR count). The Balaban J connectivity index is 1.22. The smallest absolute Gasteiger partial charge is 0.309 e. The number of carboxylic acids is 1. The number of carbonyl (C=O) groups is 1. The van der Waals surface area contributed by atoms with Crippen LogP contribution in [-0.4, -0.2) is 58.2 Å². The van der Waals surface area contributed by atoms with Gasteiger partial charge in [-0.1, -0.05) is 29.3 Å². The summed E-state index contributed by atoms with van der Waals surface area (Å²) in [6.07, 6.45) is 2.18. The van der Waals surface area contributed by atoms with Gasteiger partial charge in [-0.2, -0.15) is 4.98 Å². The molecule has 3 fully saturated rings. The largest absolute Gasteiger partial charge is 0.481 e. The summed E-state index contributed by atoms with van der Waals surface area (Å²) in [5.74, 6) is 0.843. The van der Waals surface area contributed by atoms with Gasteiger partial charge < -0.3 is 20.2 Å². The van der Waals surface area contributed by atoms with Crippen LogP contribution < -0.4 is 10.2 Å². The van der Waals surface area contributed by atoms with Gasteiger partial charge in [0.15, 0.2) is 0 Å². The molecule has 2 aliphatic heterocycles. The highest BCUT2D eigenvalue weighted by Gasteiger charge is 2.49. The van der Waals surface area contributed by atoms with Gasteiger partial charge in [0.1, 0.15) is 5.82 Å². The van der Waals surface area contributed by atoms with Crippen molar-refractivity contribution in [3.63, 3.8) is 0 Å². The van der Waals surface area contributed by atoms with E-state index in [0.717, 1.165) is 44.6 Å². The lowest BCUT2D eigenvalue weighted by Crippen LogP contribution is -2.58. The first-order valence-electron chi connectivity index (χ1n) is 13.1. The first-order valence-corrected chi connectivity index (χ1v) is 13.9. The Bertz CT molecular complexity index is 1190. The third kappa shape index (κ3) is 5.42. The van der Waals surface area contributed by atoms with E-state index >= 15 is 0 Å². The van der Waals surface area contributed by atoms with Gasteiger partial charge in [-0.05, 0) is 75.6 Å². The molecule has 0 bridgehead atoms. The molecule has 1 aliphatic carbocycles. The number of nitrogens with one attached hydrogen (secondary N) is 1. The summed E-state index contributed by atoms with van der Waals surface area (Å²) in [7, 11) is 0. The number of halogens is 4. The van der Waals surface area contributed by atoms with Crippen LogP contribution in [0.1, 0.15) is 63.1 Å². The second kappa shape index (κ2) is 10.7. The molecule has 1 aromatic carbocycles. The molecule has 0 spiro atoms. The Morgan fingerprint density at radius 1 is 1.18 bits per heavy atom. The standard InChI is InChI=1S/C27H33Cl2F2N5O2/c1-15(20-6-5-18(28)8-22(20)29)33-24-21(23(30)31)11-32-26(34-24)36-13-17(14-36)16-4-3-7-35(12-16)19-9-27(2,10-19)25(37)38/h5-6,8,11,15-17,19,23H,3-4,7,9-10,12-14H2,1-2H3,(H,37,38)(H,32,33,34)/t15-,16+,19-,27-/m1/s1. The van der Waals surface area contributed by atoms with E-state index in [9.17, 15) is 18.7 Å². The normalized spacial score (nSPS) is 27.1. The summed E-state index contributed by atoms with van der Waals surface area (Å²) < 4.78 is 27.5. The van der Waals surface area contributed by atoms with Gasteiger partial charge in [-0.15, -0.1) is 0 Å². The molecule has 38 heavy (non-hydrogen) atoms. The van der Waals surface area contributed by atoms with Gasteiger partial charge in [-0.3, -0.25) is 4.79 Å². The van der Waals surface area contributed by atoms with Crippen LogP contribution in [0.2, 0.25) is 10.0 Å². The second-order valence-electron chi connectivity index (χ2n) is 11.3. The van der Waals surface area contributed by atoms with E-state index in [1.54, 1.807) is 18.2 Å². The van der Waals surface area contributed by atoms with Crippen LogP contribution in [0, 0.1) is 17.3 Å². The Kier molecular flexibility index (Phi) is 7.73. The van der Waals surface area contributed by atoms with Crippen molar-refractivity contribution in [2.75, 3.05) is 36.4 Å². The number of nitrogens with zero attached hydrogens (tertiary/aromatic N) is 4. The lowest BCUT2D eigenvalue weighted by Gasteiger charge is -2.52. The lowest BCUT2D eigenvalue weighted by molar-refractivity contribution is -0.158. The van der Waals surface area contributed by atoms with Crippen LogP contribution in [0.3, 0.4) is 0 Å². The van der Waals surface area contributed by atoms with E-state index in [4.69, 9.17) is 23.2 Å². The molecule has 2 N–H and O–H groups in total. The predicted octanol–water partition coefficient (Wildman–Crippen LogP) is 6.30. The van der Waals surface area contributed by atoms with Crippen molar-refractivity contribution in [2.24, 2.45) is 17.3 Å². The van der Waals surface area contributed by atoms with Gasteiger partial charge in [0.05, 0.1) is 17.0 Å². The maximum Gasteiger partial charge on any atom is 0.309 e. The highest BCUT2D eigenvalue weighted by molar-refractivity contribution is 6.35. The monoisotopic (exact) mass is 567 g/mol. The van der Waals surface area contributed by atoms with E-state index in [0.29, 0.717) is 46.7 Å². The maximum atomic E-state index is 13.8. The number of aromatic nitrogens is 2. The molecular formula is C27H33Cl2F2N5O2. The predicted molar refractivity (Wildman–Crippen MR) is 144 cm³/mol. The molecule has 3 heterocycles. The van der Waals surface area contributed by atoms with Gasteiger partial charge in [-0.25, -0.2) is 13.8 Å². The number of benzene rings is 1. The van der Waals surface area contributed by atoms with E-state index in [-0.39, 0.29) is 17.4 Å². The first-order chi connectivity index (χ1) is 18.0. The Morgan fingerprint density at radius 2 is 1.92 bits per heavy atom. The van der Waals surface area contributed by atoms with Gasteiger partial charge >= 0.3 is 5.97 Å². The van der Waals surface area contributed by atoms with Crippen LogP contribution in [0.5, 0.6) is 0 Å². The number of likely N-dealkylation sites (tertiary alicyclic amines) is 1. The van der Waals surface area contributed by atoms with Crippen molar-refractivity contribution in [2.45, 2.75) is 58.0 Å². The molecule has 2 atom stereocenters. The molecule has 1 saturated carbocycles. The number of rotatable bonds is 8. The van der Waals surface area contributed by atoms with E-state index in [1.165, 1.54) is 6.20 Å². The molecule has 2 saturated heterocycles. The van der Waals surface area contributed by atoms with Crippen LogP contribution in [0.15, 0.2) is 24.4 Å². The minimum Gasteiger partial charge on any atom is -0.481 e. The molecule has 3 aliphatic rings. The Labute approximate surface area is 231 Å². The number of aliphatic carboxylic acids is 1. The molecule has 0 radical (unpaired) electrons. The molecular weight excluding hydrogens is 535 g/mol. The summed E-state index contributed by atoms with van der Waals surface area (Å²) in [6, 6.07) is 5.09. The van der Waals surface area contributed by atoms with Crippen LogP contribution in [-0.2, 0) is 4.79 Å². The van der Waals surface area contributed by atoms with Crippen molar-refractivity contribution in [1.29, 1.82) is 0 Å². The fraction of sp³-hybridized carbons (Fsp3) is 0.593. The van der Waals surface area contributed by atoms with Crippen molar-refractivity contribution in [3.05, 3.63) is 45.6 Å². The molecule has 1 aromatic heterocycles. The summed E-state index contributed by atoms with van der Waals surface area (Å²) in [4.78, 5) is 24.7. The maximum absolute atomic E-state index is 13.8. The number of hydrogen-bond acceptors (Lipinski definition) is 6. The van der Waals surface area contributed by atoms with E-state index < -0.39 is 17.8 Å². The number of hydrogen-bond donors (Lipinski definition) is 2. The van der Waals surface area contributed by atoms with Gasteiger partial charge in [0, 0.05) is 41.9 Å². The summed E-state index contributed by atoms with van der Waals surface area (Å²) in [5.41, 5.74) is -0.105. The number of anilines is 2. The molecule has 2 aromatic rings. The van der Waals surface area contributed by atoms with Gasteiger partial charge in [0.25, 0.3) is 6.43 Å². The van der Waals surface area contributed by atoms with E-state index in [1.807, 2.05) is 18.7 Å². The van der Waals surface area contributed by atoms with Crippen molar-refractivity contribution < 1.29 is 18.7 Å². The van der Waals surface area contributed by atoms with Crippen LogP contribution in [0.25, 0.3) is 0 Å². The highest BCUT2D eigenvalue weighted by Crippen LogP contribution is 2.45. The Hall–Kier alpha value is -2.23. The Morgan fingerprint density at radius 3 is 2.58 bits per heavy atom. The van der Waals surface area contributed by atoms with E-state index in [2.05, 4.69) is 20.2 Å². The van der Waals surface area contributed by atoms with Crippen molar-refractivity contribution >= 4 is 40.9 Å². The number of piperidine rings is 1. The summed E-state index contributed by atoms with van der Waals surface area (Å²) in [5, 5.41) is 13.5. The molecule has 0 amide bonds. The number of carboxylic acid groups (broad SMARTS) is 1. The SMILES string of the molecule is C[C@@H](Nc1nc(N2CC([C@H]3CCCN([C@H]4C[C@](C)(C(=O)O)C4)C3)C2)ncc1C(F)F)c1ccc(Cl)cc1Cl. The average molecular weight is 568 g/mol. The van der Waals surface area contributed by atoms with Crippen molar-refractivity contribution in [1.82, 2.24) is 14.9 Å². The lowest BCUT2D eigenvalue weighted by atomic mass is 9.65. The highest BCUT2D eigenvalue weighted by atomic mass is 35.5. The first kappa shape index (κ1) is 27.3. The van der Waals surface area contributed by atoms with Gasteiger partial charge in [0.2, 0.25) is 5.95 Å². The van der Waals surface area contributed by atoms with Crippen LogP contribution >= 0.6 is 23.2 Å². The topological polar surface area (TPSA) is 81.6 Å². The minimum atomic E-state index is -2.72. The molecule has 11 heteroatoms. The third-order valence-electron chi connectivity index (χ3n) is 8.58. The zero-order valence-corrected chi connectivity index (χ0v) is 23.0. The summed E-state index contributed by atoms with van der Waals surface area (Å²) >= 11 is 12.3. The fourth-order valence-corrected chi connectivity index (χ4v) is 6.66. The molecule has 7 nitrogen and oxygen atoms in total. The third-order valence-corrected chi connectivity index (χ3v) is 9.14. The molecule has 206 valence electrons.